The van der Waals surface area contributed by atoms with E-state index in [1.165, 1.54) is 7.11 Å². The average molecular weight is 709 g/mol. The molecule has 0 spiro atoms. The quantitative estimate of drug-likeness (QED) is 0.146. The van der Waals surface area contributed by atoms with Gasteiger partial charge in [0.2, 0.25) is 0 Å². The minimum Gasteiger partial charge on any atom is -0.497 e. The number of carbonyl (C=O) groups excluding carboxylic acids is 2. The van der Waals surface area contributed by atoms with Crippen molar-refractivity contribution in [3.8, 4) is 28.3 Å². The summed E-state index contributed by atoms with van der Waals surface area (Å²) in [4.78, 5) is 30.3. The molecule has 6 rings (SSSR count). The number of fused-ring (bicyclic) bond motifs is 1. The van der Waals surface area contributed by atoms with Crippen LogP contribution in [0.3, 0.4) is 0 Å². The van der Waals surface area contributed by atoms with Crippen LogP contribution in [0.4, 0.5) is 4.79 Å². The van der Waals surface area contributed by atoms with Crippen LogP contribution in [-0.4, -0.2) is 46.0 Å². The first-order valence-corrected chi connectivity index (χ1v) is 16.6. The molecule has 0 aliphatic heterocycles. The van der Waals surface area contributed by atoms with Gasteiger partial charge >= 0.3 is 12.1 Å². The molecule has 0 atom stereocenters. The van der Waals surface area contributed by atoms with E-state index in [9.17, 15) is 9.59 Å². The second-order valence-electron chi connectivity index (χ2n) is 12.7. The van der Waals surface area contributed by atoms with Crippen LogP contribution in [0, 0.1) is 0 Å². The van der Waals surface area contributed by atoms with Crippen LogP contribution in [0.5, 0.6) is 5.75 Å². The number of ether oxygens (including phenoxy) is 3. The van der Waals surface area contributed by atoms with Crippen LogP contribution in [0.15, 0.2) is 97.2 Å². The van der Waals surface area contributed by atoms with Gasteiger partial charge in [-0.15, -0.1) is 0 Å². The second kappa shape index (κ2) is 14.3. The number of benzene rings is 4. The van der Waals surface area contributed by atoms with Gasteiger partial charge in [0.05, 0.1) is 41.7 Å². The van der Waals surface area contributed by atoms with Crippen LogP contribution in [0.2, 0.25) is 10.0 Å². The first kappa shape index (κ1) is 34.5. The Kier molecular flexibility index (Phi) is 9.86. The van der Waals surface area contributed by atoms with Gasteiger partial charge in [-0.05, 0) is 98.1 Å². The summed E-state index contributed by atoms with van der Waals surface area (Å²) >= 11 is 12.7. The summed E-state index contributed by atoms with van der Waals surface area (Å²) in [6.07, 6.45) is 5.40. The normalized spacial score (nSPS) is 11.7. The number of halogens is 2. The van der Waals surface area contributed by atoms with Gasteiger partial charge in [-0.25, -0.2) is 19.1 Å². The van der Waals surface area contributed by atoms with Gasteiger partial charge in [0.1, 0.15) is 17.2 Å². The maximum absolute atomic E-state index is 13.4. The zero-order chi connectivity index (χ0) is 35.6. The third kappa shape index (κ3) is 7.62. The Hall–Kier alpha value is -5.31. The highest BCUT2D eigenvalue weighted by Crippen LogP contribution is 2.33. The Balaban J connectivity index is 1.33. The van der Waals surface area contributed by atoms with Gasteiger partial charge in [-0.2, -0.15) is 0 Å². The number of methoxy groups -OCH3 is 2. The van der Waals surface area contributed by atoms with Gasteiger partial charge in [-0.3, -0.25) is 0 Å². The zero-order valence-electron chi connectivity index (χ0n) is 28.2. The molecule has 0 aliphatic rings. The lowest BCUT2D eigenvalue weighted by molar-refractivity contribution is 0.0545. The monoisotopic (exact) mass is 707 g/mol. The molecule has 0 bridgehead atoms. The van der Waals surface area contributed by atoms with Crippen LogP contribution in [0.25, 0.3) is 45.6 Å². The fraction of sp³-hybridized carbons (Fsp3) is 0.175. The standard InChI is InChI=1S/C40H35Cl2N3O5/c1-40(2,3)50-39(47)45-35-18-16-31(48-4)20-29(35)21-36(45)27-11-6-25(7-12-27)10-19-37-43-34(32-17-15-30(41)22-33(32)42)24-44(37)23-26-8-13-28(14-9-26)38(46)49-5/h6-22,24H,23H2,1-5H3. The van der Waals surface area contributed by atoms with Crippen molar-refractivity contribution < 1.29 is 23.8 Å². The first-order chi connectivity index (χ1) is 23.9. The molecule has 0 saturated carbocycles. The third-order valence-electron chi connectivity index (χ3n) is 7.96. The van der Waals surface area contributed by atoms with E-state index in [0.29, 0.717) is 45.1 Å². The highest BCUT2D eigenvalue weighted by Gasteiger charge is 2.23. The molecular weight excluding hydrogens is 673 g/mol. The van der Waals surface area contributed by atoms with Crippen molar-refractivity contribution in [2.45, 2.75) is 32.9 Å². The van der Waals surface area contributed by atoms with Gasteiger partial charge < -0.3 is 18.8 Å². The van der Waals surface area contributed by atoms with Crippen molar-refractivity contribution in [1.29, 1.82) is 0 Å². The molecule has 10 heteroatoms. The van der Waals surface area contributed by atoms with Crippen molar-refractivity contribution in [2.75, 3.05) is 14.2 Å². The van der Waals surface area contributed by atoms with Crippen molar-refractivity contribution >= 4 is 58.3 Å². The van der Waals surface area contributed by atoms with E-state index in [2.05, 4.69) is 0 Å². The Labute approximate surface area is 300 Å². The number of imidazole rings is 1. The van der Waals surface area contributed by atoms with E-state index in [-0.39, 0.29) is 5.97 Å². The summed E-state index contributed by atoms with van der Waals surface area (Å²) in [7, 11) is 2.97. The molecule has 0 fully saturated rings. The molecule has 0 amide bonds. The molecule has 6 aromatic rings. The molecule has 254 valence electrons. The summed E-state index contributed by atoms with van der Waals surface area (Å²) in [5.41, 5.74) is 5.44. The van der Waals surface area contributed by atoms with Crippen molar-refractivity contribution in [2.24, 2.45) is 0 Å². The molecule has 2 aromatic heterocycles. The van der Waals surface area contributed by atoms with Gasteiger partial charge in [0.15, 0.2) is 0 Å². The van der Waals surface area contributed by atoms with E-state index < -0.39 is 11.7 Å². The number of rotatable bonds is 8. The number of esters is 1. The largest absolute Gasteiger partial charge is 0.497 e. The molecule has 0 unspecified atom stereocenters. The lowest BCUT2D eigenvalue weighted by Crippen LogP contribution is -2.27. The molecule has 4 aromatic carbocycles. The van der Waals surface area contributed by atoms with Gasteiger partial charge in [-0.1, -0.05) is 65.7 Å². The highest BCUT2D eigenvalue weighted by molar-refractivity contribution is 6.36. The SMILES string of the molecule is COC(=O)c1ccc(Cn2cc(-c3ccc(Cl)cc3Cl)nc2C=Cc2ccc(-c3cc4cc(OC)ccc4n3C(=O)OC(C)(C)C)cc2)cc1. The highest BCUT2D eigenvalue weighted by atomic mass is 35.5. The topological polar surface area (TPSA) is 84.6 Å². The maximum Gasteiger partial charge on any atom is 0.419 e. The van der Waals surface area contributed by atoms with Crippen molar-refractivity contribution in [3.63, 3.8) is 0 Å². The number of carbonyl (C=O) groups is 2. The first-order valence-electron chi connectivity index (χ1n) is 15.8. The molecule has 0 N–H and O–H groups in total. The van der Waals surface area contributed by atoms with Gasteiger partial charge in [0.25, 0.3) is 0 Å². The fourth-order valence-electron chi connectivity index (χ4n) is 5.55. The second-order valence-corrected chi connectivity index (χ2v) is 13.5. The minimum atomic E-state index is -0.664. The van der Waals surface area contributed by atoms with Crippen molar-refractivity contribution in [1.82, 2.24) is 14.1 Å². The van der Waals surface area contributed by atoms with E-state index >= 15 is 0 Å². The summed E-state index contributed by atoms with van der Waals surface area (Å²) in [6.45, 7) is 6.04. The third-order valence-corrected chi connectivity index (χ3v) is 8.51. The van der Waals surface area contributed by atoms with E-state index in [0.717, 1.165) is 33.2 Å². The summed E-state index contributed by atoms with van der Waals surface area (Å²) in [5.74, 6) is 1.01. The smallest absolute Gasteiger partial charge is 0.419 e. The number of aromatic nitrogens is 3. The number of hydrogen-bond donors (Lipinski definition) is 0. The number of hydrogen-bond acceptors (Lipinski definition) is 6. The molecule has 0 aliphatic carbocycles. The average Bonchev–Trinajstić information content (AvgIpc) is 3.67. The fourth-order valence-corrected chi connectivity index (χ4v) is 6.06. The van der Waals surface area contributed by atoms with E-state index in [4.69, 9.17) is 42.4 Å². The molecule has 0 radical (unpaired) electrons. The Morgan fingerprint density at radius 3 is 2.26 bits per heavy atom. The molecule has 8 nitrogen and oxygen atoms in total. The Morgan fingerprint density at radius 1 is 0.860 bits per heavy atom. The predicted molar refractivity (Wildman–Crippen MR) is 199 cm³/mol. The van der Waals surface area contributed by atoms with Crippen LogP contribution >= 0.6 is 23.2 Å². The lowest BCUT2D eigenvalue weighted by atomic mass is 10.1. The van der Waals surface area contributed by atoms with E-state index in [1.807, 2.05) is 110 Å². The molecule has 50 heavy (non-hydrogen) atoms. The summed E-state index contributed by atoms with van der Waals surface area (Å²) in [5, 5.41) is 1.90. The number of nitrogens with zero attached hydrogens (tertiary/aromatic N) is 3. The van der Waals surface area contributed by atoms with Gasteiger partial charge in [0, 0.05) is 28.7 Å². The zero-order valence-corrected chi connectivity index (χ0v) is 29.8. The molecule has 0 saturated heterocycles. The van der Waals surface area contributed by atoms with Crippen LogP contribution in [-0.2, 0) is 16.0 Å². The van der Waals surface area contributed by atoms with Crippen LogP contribution < -0.4 is 4.74 Å². The summed E-state index contributed by atoms with van der Waals surface area (Å²) in [6, 6.07) is 28.1. The van der Waals surface area contributed by atoms with Crippen LogP contribution in [0.1, 0.15) is 48.1 Å². The predicted octanol–water partition coefficient (Wildman–Crippen LogP) is 10.3. The minimum absolute atomic E-state index is 0.389. The van der Waals surface area contributed by atoms with Crippen molar-refractivity contribution in [3.05, 3.63) is 130 Å². The maximum atomic E-state index is 13.4. The molecule has 2 heterocycles. The summed E-state index contributed by atoms with van der Waals surface area (Å²) < 4.78 is 19.7. The molecular formula is C40H35Cl2N3O5. The lowest BCUT2D eigenvalue weighted by Gasteiger charge is -2.21. The Morgan fingerprint density at radius 2 is 1.60 bits per heavy atom. The van der Waals surface area contributed by atoms with E-state index in [1.54, 1.807) is 35.9 Å². The Bertz CT molecular complexity index is 2230.